The van der Waals surface area contributed by atoms with Crippen LogP contribution in [0.15, 0.2) is 46.9 Å². The van der Waals surface area contributed by atoms with E-state index in [-0.39, 0.29) is 5.91 Å². The molecule has 0 radical (unpaired) electrons. The summed E-state index contributed by atoms with van der Waals surface area (Å²) in [6.07, 6.45) is 0. The quantitative estimate of drug-likeness (QED) is 0.781. The van der Waals surface area contributed by atoms with Gasteiger partial charge in [0.25, 0.3) is 5.91 Å². The summed E-state index contributed by atoms with van der Waals surface area (Å²) < 4.78 is 1.09. The van der Waals surface area contributed by atoms with Gasteiger partial charge in [0.1, 0.15) is 0 Å². The zero-order valence-electron chi connectivity index (χ0n) is 10.7. The first kappa shape index (κ1) is 12.4. The maximum atomic E-state index is 12.5. The Morgan fingerprint density at radius 1 is 1.16 bits per heavy atom. The zero-order valence-corrected chi connectivity index (χ0v) is 12.3. The number of benzene rings is 2. The van der Waals surface area contributed by atoms with Crippen LogP contribution in [0.3, 0.4) is 0 Å². The number of amides is 1. The van der Waals surface area contributed by atoms with Crippen LogP contribution in [0.1, 0.15) is 27.0 Å². The van der Waals surface area contributed by atoms with Crippen molar-refractivity contribution in [1.82, 2.24) is 4.90 Å². The van der Waals surface area contributed by atoms with Crippen LogP contribution >= 0.6 is 15.9 Å². The summed E-state index contributed by atoms with van der Waals surface area (Å²) in [5, 5.41) is 0. The molecule has 0 saturated heterocycles. The Hall–Kier alpha value is -1.61. The third kappa shape index (κ3) is 2.30. The highest BCUT2D eigenvalue weighted by molar-refractivity contribution is 9.10. The Bertz CT molecular complexity index is 651. The van der Waals surface area contributed by atoms with Gasteiger partial charge in [0, 0.05) is 23.1 Å². The number of rotatable bonds is 1. The molecule has 0 bridgehead atoms. The number of aryl methyl sites for hydroxylation is 1. The molecule has 1 heterocycles. The highest BCUT2D eigenvalue weighted by atomic mass is 79.9. The van der Waals surface area contributed by atoms with Gasteiger partial charge in [-0.15, -0.1) is 0 Å². The lowest BCUT2D eigenvalue weighted by Crippen LogP contribution is -2.25. The minimum absolute atomic E-state index is 0.104. The van der Waals surface area contributed by atoms with Crippen LogP contribution in [-0.2, 0) is 13.1 Å². The summed E-state index contributed by atoms with van der Waals surface area (Å²) in [4.78, 5) is 14.4. The van der Waals surface area contributed by atoms with E-state index >= 15 is 0 Å². The molecule has 96 valence electrons. The van der Waals surface area contributed by atoms with Crippen LogP contribution < -0.4 is 0 Å². The van der Waals surface area contributed by atoms with Crippen LogP contribution in [-0.4, -0.2) is 10.8 Å². The number of carbonyl (C=O) groups is 1. The number of hydrogen-bond donors (Lipinski definition) is 0. The first-order chi connectivity index (χ1) is 9.15. The third-order valence-electron chi connectivity index (χ3n) is 3.48. The number of hydrogen-bond acceptors (Lipinski definition) is 1. The molecule has 19 heavy (non-hydrogen) atoms. The van der Waals surface area contributed by atoms with E-state index in [9.17, 15) is 4.79 Å². The topological polar surface area (TPSA) is 20.3 Å². The van der Waals surface area contributed by atoms with E-state index in [1.54, 1.807) is 0 Å². The van der Waals surface area contributed by atoms with Crippen LogP contribution in [0.25, 0.3) is 0 Å². The lowest BCUT2D eigenvalue weighted by molar-refractivity contribution is 0.0751. The minimum atomic E-state index is 0.104. The molecule has 0 fully saturated rings. The Kier molecular flexibility index (Phi) is 3.15. The van der Waals surface area contributed by atoms with E-state index in [0.717, 1.165) is 15.6 Å². The van der Waals surface area contributed by atoms with E-state index in [1.807, 2.05) is 48.2 Å². The summed E-state index contributed by atoms with van der Waals surface area (Å²) in [7, 11) is 0. The largest absolute Gasteiger partial charge is 0.330 e. The minimum Gasteiger partial charge on any atom is -0.330 e. The Morgan fingerprint density at radius 3 is 2.68 bits per heavy atom. The van der Waals surface area contributed by atoms with Gasteiger partial charge in [-0.25, -0.2) is 0 Å². The van der Waals surface area contributed by atoms with E-state index in [0.29, 0.717) is 13.1 Å². The molecule has 2 nitrogen and oxygen atoms in total. The zero-order chi connectivity index (χ0) is 13.4. The maximum Gasteiger partial charge on any atom is 0.254 e. The SMILES string of the molecule is Cc1cccc(C(=O)N2Cc3cccc(Br)c3C2)c1. The molecular weight excluding hydrogens is 302 g/mol. The van der Waals surface area contributed by atoms with E-state index in [4.69, 9.17) is 0 Å². The Morgan fingerprint density at radius 2 is 1.95 bits per heavy atom. The van der Waals surface area contributed by atoms with Crippen molar-refractivity contribution in [2.24, 2.45) is 0 Å². The van der Waals surface area contributed by atoms with Crippen LogP contribution in [0.5, 0.6) is 0 Å². The van der Waals surface area contributed by atoms with Gasteiger partial charge in [0.2, 0.25) is 0 Å². The van der Waals surface area contributed by atoms with Crippen molar-refractivity contribution < 1.29 is 4.79 Å². The van der Waals surface area contributed by atoms with Crippen molar-refractivity contribution in [3.8, 4) is 0 Å². The van der Waals surface area contributed by atoms with Gasteiger partial charge in [-0.2, -0.15) is 0 Å². The van der Waals surface area contributed by atoms with Crippen molar-refractivity contribution >= 4 is 21.8 Å². The van der Waals surface area contributed by atoms with E-state index in [2.05, 4.69) is 22.0 Å². The molecule has 1 amide bonds. The first-order valence-corrected chi connectivity index (χ1v) is 7.06. The molecule has 1 aliphatic heterocycles. The molecule has 2 aromatic rings. The van der Waals surface area contributed by atoms with Crippen LogP contribution in [0.4, 0.5) is 0 Å². The van der Waals surface area contributed by atoms with E-state index < -0.39 is 0 Å². The second-order valence-electron chi connectivity index (χ2n) is 4.91. The average Bonchev–Trinajstić information content (AvgIpc) is 2.83. The van der Waals surface area contributed by atoms with Crippen LogP contribution in [0.2, 0.25) is 0 Å². The predicted molar refractivity (Wildman–Crippen MR) is 78.9 cm³/mol. The molecule has 0 N–H and O–H groups in total. The van der Waals surface area contributed by atoms with Crippen LogP contribution in [0, 0.1) is 6.92 Å². The number of halogens is 1. The molecule has 3 rings (SSSR count). The smallest absolute Gasteiger partial charge is 0.254 e. The fourth-order valence-electron chi connectivity index (χ4n) is 2.49. The highest BCUT2D eigenvalue weighted by Crippen LogP contribution is 2.30. The molecule has 2 aromatic carbocycles. The van der Waals surface area contributed by atoms with Crippen molar-refractivity contribution in [3.05, 3.63) is 69.2 Å². The molecule has 0 saturated carbocycles. The van der Waals surface area contributed by atoms with Gasteiger partial charge >= 0.3 is 0 Å². The van der Waals surface area contributed by atoms with Gasteiger partial charge < -0.3 is 4.90 Å². The van der Waals surface area contributed by atoms with E-state index in [1.165, 1.54) is 11.1 Å². The van der Waals surface area contributed by atoms with Gasteiger partial charge in [-0.05, 0) is 36.2 Å². The summed E-state index contributed by atoms with van der Waals surface area (Å²) in [5.74, 6) is 0.104. The highest BCUT2D eigenvalue weighted by Gasteiger charge is 2.25. The number of nitrogens with zero attached hydrogens (tertiary/aromatic N) is 1. The average molecular weight is 316 g/mol. The summed E-state index contributed by atoms with van der Waals surface area (Å²) in [6.45, 7) is 3.39. The molecule has 0 unspecified atom stereocenters. The first-order valence-electron chi connectivity index (χ1n) is 6.27. The molecule has 1 aliphatic rings. The van der Waals surface area contributed by atoms with Gasteiger partial charge in [-0.3, -0.25) is 4.79 Å². The molecule has 0 aromatic heterocycles. The molecule has 3 heteroatoms. The third-order valence-corrected chi connectivity index (χ3v) is 4.22. The summed E-state index contributed by atoms with van der Waals surface area (Å²) in [6, 6.07) is 13.9. The predicted octanol–water partition coefficient (Wildman–Crippen LogP) is 3.91. The maximum absolute atomic E-state index is 12.5. The van der Waals surface area contributed by atoms with Crippen molar-refractivity contribution in [2.75, 3.05) is 0 Å². The second-order valence-corrected chi connectivity index (χ2v) is 5.76. The molecular formula is C16H14BrNO. The van der Waals surface area contributed by atoms with Crippen molar-refractivity contribution in [3.63, 3.8) is 0 Å². The van der Waals surface area contributed by atoms with Gasteiger partial charge in [0.15, 0.2) is 0 Å². The molecule has 0 aliphatic carbocycles. The second kappa shape index (κ2) is 4.82. The lowest BCUT2D eigenvalue weighted by Gasteiger charge is -2.15. The standard InChI is InChI=1S/C16H14BrNO/c1-11-4-2-5-12(8-11)16(19)18-9-13-6-3-7-15(17)14(13)10-18/h2-8H,9-10H2,1H3. The number of fused-ring (bicyclic) bond motifs is 1. The monoisotopic (exact) mass is 315 g/mol. The van der Waals surface area contributed by atoms with Gasteiger partial charge in [-0.1, -0.05) is 45.8 Å². The fourth-order valence-corrected chi connectivity index (χ4v) is 3.02. The summed E-state index contributed by atoms with van der Waals surface area (Å²) >= 11 is 3.55. The number of carbonyl (C=O) groups excluding carboxylic acids is 1. The molecule has 0 spiro atoms. The normalized spacial score (nSPS) is 13.5. The Balaban J connectivity index is 1.87. The molecule has 0 atom stereocenters. The lowest BCUT2D eigenvalue weighted by atomic mass is 10.1. The fraction of sp³-hybridized carbons (Fsp3) is 0.188. The Labute approximate surface area is 121 Å². The van der Waals surface area contributed by atoms with Gasteiger partial charge in [0.05, 0.1) is 0 Å². The van der Waals surface area contributed by atoms with Crippen molar-refractivity contribution in [2.45, 2.75) is 20.0 Å². The van der Waals surface area contributed by atoms with Crippen molar-refractivity contribution in [1.29, 1.82) is 0 Å². The summed E-state index contributed by atoms with van der Waals surface area (Å²) in [5.41, 5.74) is 4.34.